The van der Waals surface area contributed by atoms with Crippen LogP contribution in [0.4, 0.5) is 0 Å². The average molecular weight is 329 g/mol. The van der Waals surface area contributed by atoms with Crippen LogP contribution in [0.25, 0.3) is 0 Å². The van der Waals surface area contributed by atoms with E-state index in [4.69, 9.17) is 5.11 Å². The lowest BCUT2D eigenvalue weighted by atomic mass is 10.1. The lowest BCUT2D eigenvalue weighted by Crippen LogP contribution is -2.46. The predicted molar refractivity (Wildman–Crippen MR) is 76.7 cm³/mol. The Labute approximate surface area is 120 Å². The van der Waals surface area contributed by atoms with Crippen molar-refractivity contribution in [2.45, 2.75) is 44.9 Å². The van der Waals surface area contributed by atoms with Gasteiger partial charge in [0.05, 0.1) is 10.5 Å². The molecule has 0 amide bonds. The number of nitrogens with one attached hydrogen (secondary N) is 1. The summed E-state index contributed by atoms with van der Waals surface area (Å²) in [7, 11) is -7.25. The largest absolute Gasteiger partial charge is 0.480 e. The van der Waals surface area contributed by atoms with Crippen molar-refractivity contribution in [1.29, 1.82) is 0 Å². The van der Waals surface area contributed by atoms with E-state index in [1.54, 1.807) is 13.8 Å². The molecule has 0 heterocycles. The monoisotopic (exact) mass is 329 g/mol. The third-order valence-electron chi connectivity index (χ3n) is 3.22. The van der Waals surface area contributed by atoms with Crippen LogP contribution in [0.5, 0.6) is 0 Å². The zero-order valence-electron chi connectivity index (χ0n) is 12.4. The average Bonchev–Trinajstić information content (AvgIpc) is 2.21. The van der Waals surface area contributed by atoms with Crippen LogP contribution in [0.15, 0.2) is 0 Å². The van der Waals surface area contributed by atoms with Crippen LogP contribution in [-0.4, -0.2) is 50.7 Å². The molecular weight excluding hydrogens is 306 g/mol. The maximum absolute atomic E-state index is 11.9. The Hall–Kier alpha value is -0.670. The number of aliphatic carboxylic acids is 1. The van der Waals surface area contributed by atoms with E-state index in [0.717, 1.165) is 6.26 Å². The van der Waals surface area contributed by atoms with Crippen molar-refractivity contribution < 1.29 is 26.7 Å². The number of sulfonamides is 1. The number of carboxylic acid groups (broad SMARTS) is 1. The first kappa shape index (κ1) is 19.3. The zero-order valence-corrected chi connectivity index (χ0v) is 14.0. The van der Waals surface area contributed by atoms with Crippen molar-refractivity contribution in [3.8, 4) is 0 Å². The topological polar surface area (TPSA) is 118 Å². The van der Waals surface area contributed by atoms with E-state index in [1.165, 1.54) is 13.8 Å². The van der Waals surface area contributed by atoms with E-state index in [2.05, 4.69) is 4.72 Å². The fraction of sp³-hybridized carbons (Fsp3) is 0.909. The molecule has 0 aliphatic carbocycles. The van der Waals surface area contributed by atoms with E-state index in [0.29, 0.717) is 0 Å². The quantitative estimate of drug-likeness (QED) is 0.658. The van der Waals surface area contributed by atoms with E-state index in [9.17, 15) is 21.6 Å². The van der Waals surface area contributed by atoms with Crippen molar-refractivity contribution in [3.05, 3.63) is 0 Å². The number of hydrogen-bond donors (Lipinski definition) is 2. The molecule has 2 N–H and O–H groups in total. The van der Waals surface area contributed by atoms with Gasteiger partial charge < -0.3 is 5.11 Å². The molecule has 0 aliphatic heterocycles. The summed E-state index contributed by atoms with van der Waals surface area (Å²) in [5, 5.41) is 8.94. The molecule has 0 spiro atoms. The lowest BCUT2D eigenvalue weighted by Gasteiger charge is -2.23. The number of carbonyl (C=O) groups is 1. The van der Waals surface area contributed by atoms with Gasteiger partial charge in [0, 0.05) is 6.26 Å². The smallest absolute Gasteiger partial charge is 0.321 e. The zero-order chi connectivity index (χ0) is 16.4. The normalized spacial score (nSPS) is 15.3. The molecule has 0 unspecified atom stereocenters. The summed E-state index contributed by atoms with van der Waals surface area (Å²) >= 11 is 0. The highest BCUT2D eigenvalue weighted by Gasteiger charge is 2.33. The molecule has 1 atom stereocenters. The lowest BCUT2D eigenvalue weighted by molar-refractivity contribution is -0.140. The van der Waals surface area contributed by atoms with Crippen LogP contribution in [0.1, 0.15) is 34.1 Å². The van der Waals surface area contributed by atoms with E-state index in [-0.39, 0.29) is 6.42 Å². The molecule has 20 heavy (non-hydrogen) atoms. The standard InChI is InChI=1S/C11H23NO6S2/c1-8(2)9(10(13)14)12-20(17,18)7-6-11(3,4)19(5,15)16/h8-9,12H,6-7H2,1-5H3,(H,13,14)/t9-/m0/s1. The fourth-order valence-corrected chi connectivity index (χ4v) is 3.55. The van der Waals surface area contributed by atoms with Crippen molar-refractivity contribution in [3.63, 3.8) is 0 Å². The van der Waals surface area contributed by atoms with Crippen LogP contribution >= 0.6 is 0 Å². The van der Waals surface area contributed by atoms with Gasteiger partial charge in [-0.15, -0.1) is 0 Å². The fourth-order valence-electron chi connectivity index (χ4n) is 1.29. The molecule has 0 aromatic heterocycles. The SMILES string of the molecule is CC(C)[C@H](NS(=O)(=O)CCC(C)(C)S(C)(=O)=O)C(=O)O. The maximum Gasteiger partial charge on any atom is 0.321 e. The van der Waals surface area contributed by atoms with Gasteiger partial charge >= 0.3 is 5.97 Å². The number of carboxylic acids is 1. The molecule has 0 aliphatic rings. The van der Waals surface area contributed by atoms with E-state index < -0.39 is 48.3 Å². The van der Waals surface area contributed by atoms with Crippen LogP contribution in [0.2, 0.25) is 0 Å². The Bertz CT molecular complexity index is 547. The highest BCUT2D eigenvalue weighted by molar-refractivity contribution is 7.92. The third kappa shape index (κ3) is 5.76. The van der Waals surface area contributed by atoms with Gasteiger partial charge in [-0.05, 0) is 26.2 Å². The van der Waals surface area contributed by atoms with Gasteiger partial charge in [-0.2, -0.15) is 0 Å². The molecular formula is C11H23NO6S2. The van der Waals surface area contributed by atoms with Crippen molar-refractivity contribution in [1.82, 2.24) is 4.72 Å². The van der Waals surface area contributed by atoms with Gasteiger partial charge in [-0.1, -0.05) is 13.8 Å². The molecule has 0 aromatic rings. The predicted octanol–water partition coefficient (Wildman–Crippen LogP) is 0.228. The minimum Gasteiger partial charge on any atom is -0.480 e. The summed E-state index contributed by atoms with van der Waals surface area (Å²) in [6.07, 6.45) is 0.937. The summed E-state index contributed by atoms with van der Waals surface area (Å²) in [6.45, 7) is 6.05. The van der Waals surface area contributed by atoms with E-state index in [1.807, 2.05) is 0 Å². The summed E-state index contributed by atoms with van der Waals surface area (Å²) in [4.78, 5) is 11.0. The van der Waals surface area contributed by atoms with Crippen LogP contribution < -0.4 is 4.72 Å². The first-order valence-corrected chi connectivity index (χ1v) is 9.66. The molecule has 120 valence electrons. The molecule has 0 saturated carbocycles. The van der Waals surface area contributed by atoms with E-state index >= 15 is 0 Å². The molecule has 7 nitrogen and oxygen atoms in total. The van der Waals surface area contributed by atoms with Gasteiger partial charge in [0.25, 0.3) is 0 Å². The molecule has 0 aromatic carbocycles. The van der Waals surface area contributed by atoms with Gasteiger partial charge in [0.1, 0.15) is 6.04 Å². The van der Waals surface area contributed by atoms with Crippen molar-refractivity contribution in [2.75, 3.05) is 12.0 Å². The Balaban J connectivity index is 4.91. The summed E-state index contributed by atoms with van der Waals surface area (Å²) in [5.74, 6) is -2.11. The maximum atomic E-state index is 11.9. The first-order chi connectivity index (χ1) is 8.69. The number of sulfone groups is 1. The molecule has 0 bridgehead atoms. The van der Waals surface area contributed by atoms with Crippen molar-refractivity contribution >= 4 is 25.8 Å². The number of rotatable bonds is 8. The molecule has 0 radical (unpaired) electrons. The second kappa shape index (κ2) is 6.40. The van der Waals surface area contributed by atoms with Gasteiger partial charge in [-0.3, -0.25) is 4.79 Å². The molecule has 0 fully saturated rings. The Morgan fingerprint density at radius 3 is 1.95 bits per heavy atom. The molecule has 0 saturated heterocycles. The Morgan fingerprint density at radius 1 is 1.20 bits per heavy atom. The second-order valence-electron chi connectivity index (χ2n) is 5.78. The summed E-state index contributed by atoms with van der Waals surface area (Å²) in [5.41, 5.74) is 0. The first-order valence-electron chi connectivity index (χ1n) is 6.12. The van der Waals surface area contributed by atoms with Crippen LogP contribution in [0.3, 0.4) is 0 Å². The van der Waals surface area contributed by atoms with Crippen LogP contribution in [0, 0.1) is 5.92 Å². The molecule has 0 rings (SSSR count). The minimum atomic E-state index is -3.86. The highest BCUT2D eigenvalue weighted by Crippen LogP contribution is 2.20. The summed E-state index contributed by atoms with van der Waals surface area (Å²) < 4.78 is 47.6. The van der Waals surface area contributed by atoms with Gasteiger partial charge in [0.2, 0.25) is 10.0 Å². The van der Waals surface area contributed by atoms with Gasteiger partial charge in [0.15, 0.2) is 9.84 Å². The van der Waals surface area contributed by atoms with Gasteiger partial charge in [-0.25, -0.2) is 21.6 Å². The minimum absolute atomic E-state index is 0.106. The highest BCUT2D eigenvalue weighted by atomic mass is 32.2. The van der Waals surface area contributed by atoms with Crippen LogP contribution in [-0.2, 0) is 24.7 Å². The summed E-state index contributed by atoms with van der Waals surface area (Å²) in [6, 6.07) is -1.22. The molecule has 9 heteroatoms. The van der Waals surface area contributed by atoms with Crippen molar-refractivity contribution in [2.24, 2.45) is 5.92 Å². The Kier molecular flexibility index (Phi) is 6.18. The second-order valence-corrected chi connectivity index (χ2v) is 10.3. The Morgan fingerprint density at radius 2 is 1.65 bits per heavy atom. The third-order valence-corrected chi connectivity index (χ3v) is 6.78. The number of hydrogen-bond acceptors (Lipinski definition) is 5.